The number of hydrogen-bond acceptors (Lipinski definition) is 9. The number of hydrogen-bond donors (Lipinski definition) is 2. The van der Waals surface area contributed by atoms with E-state index in [0.29, 0.717) is 21.8 Å². The Morgan fingerprint density at radius 1 is 1.24 bits per heavy atom. The minimum Gasteiger partial charge on any atom is -0.506 e. The van der Waals surface area contributed by atoms with Crippen LogP contribution in [0.4, 0.5) is 21.6 Å². The van der Waals surface area contributed by atoms with Crippen LogP contribution in [-0.4, -0.2) is 42.3 Å². The highest BCUT2D eigenvalue weighted by molar-refractivity contribution is 7.80. The average Bonchev–Trinajstić information content (AvgIpc) is 2.93. The lowest BCUT2D eigenvalue weighted by molar-refractivity contribution is 0.476. The zero-order valence-corrected chi connectivity index (χ0v) is 13.6. The summed E-state index contributed by atoms with van der Waals surface area (Å²) in [4.78, 5) is 3.73. The number of aromatic hydroxyl groups is 1. The Kier molecular flexibility index (Phi) is 4.97. The Morgan fingerprint density at radius 3 is 2.62 bits per heavy atom. The molecule has 0 fully saturated rings. The summed E-state index contributed by atoms with van der Waals surface area (Å²) < 4.78 is 0. The summed E-state index contributed by atoms with van der Waals surface area (Å²) in [5, 5.41) is 27.0. The van der Waals surface area contributed by atoms with Crippen LogP contribution in [0, 0.1) is 0 Å². The molecular weight excluding hydrogens is 308 g/mol. The van der Waals surface area contributed by atoms with E-state index in [2.05, 4.69) is 33.1 Å². The second-order valence-corrected chi connectivity index (χ2v) is 5.69. The maximum absolute atomic E-state index is 9.92. The van der Waals surface area contributed by atoms with Gasteiger partial charge in [0.05, 0.1) is 5.88 Å². The molecule has 0 saturated heterocycles. The molecule has 1 N–H and O–H groups in total. The number of aromatic nitrogens is 2. The van der Waals surface area contributed by atoms with Gasteiger partial charge in [-0.05, 0) is 12.1 Å². The molecule has 0 atom stereocenters. The molecule has 2 rings (SSSR count). The maximum atomic E-state index is 9.92. The second kappa shape index (κ2) is 6.72. The lowest BCUT2D eigenvalue weighted by Crippen LogP contribution is -2.13. The smallest absolute Gasteiger partial charge is 0.253 e. The number of phenols is 1. The highest BCUT2D eigenvalue weighted by atomic mass is 32.1. The first-order valence-electron chi connectivity index (χ1n) is 6.09. The van der Waals surface area contributed by atoms with Gasteiger partial charge in [-0.25, -0.2) is 0 Å². The molecule has 1 heterocycles. The zero-order valence-electron chi connectivity index (χ0n) is 11.9. The van der Waals surface area contributed by atoms with E-state index < -0.39 is 0 Å². The summed E-state index contributed by atoms with van der Waals surface area (Å²) in [5.41, 5.74) is 1.28. The number of rotatable bonds is 5. The highest BCUT2D eigenvalue weighted by Gasteiger charge is 2.07. The summed E-state index contributed by atoms with van der Waals surface area (Å²) in [7, 11) is 5.66. The molecule has 0 saturated carbocycles. The van der Waals surface area contributed by atoms with Crippen LogP contribution in [0.3, 0.4) is 0 Å². The molecule has 0 radical (unpaired) electrons. The van der Waals surface area contributed by atoms with Crippen LogP contribution in [0.1, 0.15) is 0 Å². The number of nitrogens with zero attached hydrogens (tertiary/aromatic N) is 6. The van der Waals surface area contributed by atoms with Crippen LogP contribution in [0.2, 0.25) is 0 Å². The van der Waals surface area contributed by atoms with Crippen LogP contribution in [-0.2, 0) is 0 Å². The van der Waals surface area contributed by atoms with E-state index in [1.807, 2.05) is 37.0 Å². The summed E-state index contributed by atoms with van der Waals surface area (Å²) in [6, 6.07) is 5.19. The molecule has 1 aromatic carbocycles. The van der Waals surface area contributed by atoms with E-state index >= 15 is 0 Å². The van der Waals surface area contributed by atoms with Crippen molar-refractivity contribution in [3.63, 3.8) is 0 Å². The molecule has 0 unspecified atom stereocenters. The summed E-state index contributed by atoms with van der Waals surface area (Å²) in [6.45, 7) is 0. The van der Waals surface area contributed by atoms with Gasteiger partial charge in [0.25, 0.3) is 5.13 Å². The monoisotopic (exact) mass is 324 g/mol. The van der Waals surface area contributed by atoms with Gasteiger partial charge in [-0.3, -0.25) is 0 Å². The van der Waals surface area contributed by atoms with Crippen molar-refractivity contribution >= 4 is 45.6 Å². The van der Waals surface area contributed by atoms with Crippen molar-refractivity contribution in [3.8, 4) is 5.75 Å². The van der Waals surface area contributed by atoms with Gasteiger partial charge in [0.1, 0.15) is 11.4 Å². The first-order chi connectivity index (χ1) is 10.0. The summed E-state index contributed by atoms with van der Waals surface area (Å²) >= 11 is 5.46. The van der Waals surface area contributed by atoms with E-state index in [0.717, 1.165) is 5.69 Å². The summed E-state index contributed by atoms with van der Waals surface area (Å²) in [5.74, 6) is 0.612. The van der Waals surface area contributed by atoms with E-state index in [9.17, 15) is 5.11 Å². The average molecular weight is 324 g/mol. The molecule has 0 amide bonds. The van der Waals surface area contributed by atoms with E-state index in [1.165, 1.54) is 11.3 Å². The lowest BCUT2D eigenvalue weighted by Gasteiger charge is -2.12. The Hall–Kier alpha value is -1.87. The standard InChI is InChI=1S/C12H16N6OS2/c1-17(2)8-4-5-9(10(19)6-8)13-14-11-15-16-12(21-11)18(3)7-20/h4-6,19-20H,7H2,1-3H3. The molecule has 1 aromatic heterocycles. The molecule has 0 aliphatic carbocycles. The SMILES string of the molecule is CN(C)c1ccc(N=Nc2nnc(N(C)CS)s2)c(O)c1. The van der Waals surface area contributed by atoms with Gasteiger partial charge in [0, 0.05) is 32.9 Å². The quantitative estimate of drug-likeness (QED) is 0.502. The fraction of sp³-hybridized carbons (Fsp3) is 0.333. The van der Waals surface area contributed by atoms with E-state index in [-0.39, 0.29) is 5.75 Å². The molecule has 0 aliphatic heterocycles. The van der Waals surface area contributed by atoms with Gasteiger partial charge >= 0.3 is 0 Å². The zero-order chi connectivity index (χ0) is 15.4. The summed E-state index contributed by atoms with van der Waals surface area (Å²) in [6.07, 6.45) is 0. The Bertz CT molecular complexity index is 642. The van der Waals surface area contributed by atoms with Crippen LogP contribution in [0.15, 0.2) is 28.4 Å². The highest BCUT2D eigenvalue weighted by Crippen LogP contribution is 2.33. The van der Waals surface area contributed by atoms with Gasteiger partial charge in [-0.15, -0.1) is 20.4 Å². The van der Waals surface area contributed by atoms with Gasteiger partial charge in [0.2, 0.25) is 5.13 Å². The van der Waals surface area contributed by atoms with E-state index in [1.54, 1.807) is 12.1 Å². The minimum absolute atomic E-state index is 0.0714. The topological polar surface area (TPSA) is 77.2 Å². The van der Waals surface area contributed by atoms with Crippen molar-refractivity contribution in [2.45, 2.75) is 0 Å². The largest absolute Gasteiger partial charge is 0.506 e. The van der Waals surface area contributed by atoms with Gasteiger partial charge in [-0.1, -0.05) is 11.3 Å². The van der Waals surface area contributed by atoms with Crippen LogP contribution in [0.5, 0.6) is 5.75 Å². The molecule has 9 heteroatoms. The lowest BCUT2D eigenvalue weighted by atomic mass is 10.2. The number of anilines is 2. The van der Waals surface area contributed by atoms with Crippen LogP contribution >= 0.6 is 24.0 Å². The fourth-order valence-electron chi connectivity index (χ4n) is 1.43. The third-order valence-corrected chi connectivity index (χ3v) is 4.01. The number of thiol groups is 1. The molecule has 2 aromatic rings. The van der Waals surface area contributed by atoms with Gasteiger partial charge in [-0.2, -0.15) is 12.6 Å². The van der Waals surface area contributed by atoms with Crippen molar-refractivity contribution in [1.29, 1.82) is 0 Å². The molecule has 0 bridgehead atoms. The first kappa shape index (κ1) is 15.5. The number of benzene rings is 1. The van der Waals surface area contributed by atoms with Crippen LogP contribution < -0.4 is 9.80 Å². The predicted molar refractivity (Wildman–Crippen MR) is 88.8 cm³/mol. The molecule has 21 heavy (non-hydrogen) atoms. The first-order valence-corrected chi connectivity index (χ1v) is 7.53. The third kappa shape index (κ3) is 3.82. The minimum atomic E-state index is 0.0714. The Labute approximate surface area is 132 Å². The van der Waals surface area contributed by atoms with Crippen molar-refractivity contribution < 1.29 is 5.11 Å². The Balaban J connectivity index is 2.16. The van der Waals surface area contributed by atoms with Crippen molar-refractivity contribution in [3.05, 3.63) is 18.2 Å². The Morgan fingerprint density at radius 2 is 2.00 bits per heavy atom. The third-order valence-electron chi connectivity index (χ3n) is 2.66. The van der Waals surface area contributed by atoms with Gasteiger partial charge < -0.3 is 14.9 Å². The van der Waals surface area contributed by atoms with Crippen LogP contribution in [0.25, 0.3) is 0 Å². The van der Waals surface area contributed by atoms with Crippen molar-refractivity contribution in [1.82, 2.24) is 10.2 Å². The maximum Gasteiger partial charge on any atom is 0.253 e. The van der Waals surface area contributed by atoms with E-state index in [4.69, 9.17) is 0 Å². The number of phenolic OH excluding ortho intramolecular Hbond substituents is 1. The van der Waals surface area contributed by atoms with Gasteiger partial charge in [0.15, 0.2) is 0 Å². The van der Waals surface area contributed by atoms with Crippen molar-refractivity contribution in [2.24, 2.45) is 10.2 Å². The molecular formula is C12H16N6OS2. The predicted octanol–water partition coefficient (Wildman–Crippen LogP) is 3.05. The molecule has 112 valence electrons. The van der Waals surface area contributed by atoms with Crippen molar-refractivity contribution in [2.75, 3.05) is 36.8 Å². The second-order valence-electron chi connectivity index (χ2n) is 4.47. The number of azo groups is 1. The fourth-order valence-corrected chi connectivity index (χ4v) is 2.29. The normalized spacial score (nSPS) is 11.0. The molecule has 0 aliphatic rings. The molecule has 7 nitrogen and oxygen atoms in total. The molecule has 0 spiro atoms.